The minimum Gasteiger partial charge on any atom is -0.350 e. The van der Waals surface area contributed by atoms with Gasteiger partial charge < -0.3 is 10.6 Å². The lowest BCUT2D eigenvalue weighted by molar-refractivity contribution is -0.132. The number of aromatic nitrogens is 2. The molecule has 0 unspecified atom stereocenters. The van der Waals surface area contributed by atoms with Gasteiger partial charge in [-0.3, -0.25) is 14.2 Å². The van der Waals surface area contributed by atoms with Gasteiger partial charge in [0.15, 0.2) is 0 Å². The summed E-state index contributed by atoms with van der Waals surface area (Å²) in [4.78, 5) is 13.0. The second kappa shape index (κ2) is 8.73. The Hall–Kier alpha value is -2.10. The summed E-state index contributed by atoms with van der Waals surface area (Å²) in [7, 11) is -3.34. The Bertz CT molecular complexity index is 864. The molecule has 1 fully saturated rings. The molecule has 3 N–H and O–H groups in total. The first-order chi connectivity index (χ1) is 12.4. The number of nitrogens with zero attached hydrogens (tertiary/aromatic N) is 2. The van der Waals surface area contributed by atoms with E-state index in [-0.39, 0.29) is 18.3 Å². The minimum atomic E-state index is -3.34. The standard InChI is InChI=1S/C17H23N5O3S.ClH/c1-26(24,25)21-15-5-2-4-14(12-15)13-19-16(23)17(6-9-18-10-7-17)22-11-3-8-20-22;/h2-5,8,11-12,18,21H,6-7,9-10,13H2,1H3,(H,19,23);1H. The minimum absolute atomic E-state index is 0. The Labute approximate surface area is 165 Å². The summed E-state index contributed by atoms with van der Waals surface area (Å²) in [6.07, 6.45) is 5.93. The van der Waals surface area contributed by atoms with Gasteiger partial charge in [-0.05, 0) is 49.7 Å². The van der Waals surface area contributed by atoms with Crippen molar-refractivity contribution in [3.05, 3.63) is 48.3 Å². The molecule has 1 amide bonds. The first kappa shape index (κ1) is 21.2. The number of anilines is 1. The predicted molar refractivity (Wildman–Crippen MR) is 106 cm³/mol. The average molecular weight is 414 g/mol. The highest BCUT2D eigenvalue weighted by Gasteiger charge is 2.41. The van der Waals surface area contributed by atoms with Crippen LogP contribution in [-0.2, 0) is 26.9 Å². The molecule has 0 saturated carbocycles. The average Bonchev–Trinajstić information content (AvgIpc) is 3.14. The summed E-state index contributed by atoms with van der Waals surface area (Å²) in [6.45, 7) is 1.82. The maximum Gasteiger partial charge on any atom is 0.248 e. The summed E-state index contributed by atoms with van der Waals surface area (Å²) in [5.41, 5.74) is 0.594. The highest BCUT2D eigenvalue weighted by atomic mass is 35.5. The fourth-order valence-electron chi connectivity index (χ4n) is 3.23. The third kappa shape index (κ3) is 5.21. The molecule has 148 valence electrons. The maximum atomic E-state index is 13.0. The highest BCUT2D eigenvalue weighted by molar-refractivity contribution is 7.92. The zero-order valence-electron chi connectivity index (χ0n) is 15.0. The number of rotatable bonds is 6. The molecule has 10 heteroatoms. The van der Waals surface area contributed by atoms with Gasteiger partial charge in [0, 0.05) is 24.6 Å². The lowest BCUT2D eigenvalue weighted by Crippen LogP contribution is -2.54. The van der Waals surface area contributed by atoms with Crippen LogP contribution < -0.4 is 15.4 Å². The second-order valence-electron chi connectivity index (χ2n) is 6.49. The molecule has 0 bridgehead atoms. The van der Waals surface area contributed by atoms with Crippen molar-refractivity contribution in [3.63, 3.8) is 0 Å². The number of nitrogens with one attached hydrogen (secondary N) is 3. The summed E-state index contributed by atoms with van der Waals surface area (Å²) < 4.78 is 26.9. The van der Waals surface area contributed by atoms with Gasteiger partial charge >= 0.3 is 0 Å². The van der Waals surface area contributed by atoms with Crippen LogP contribution in [0.4, 0.5) is 5.69 Å². The molecule has 1 aliphatic heterocycles. The summed E-state index contributed by atoms with van der Waals surface area (Å²) >= 11 is 0. The van der Waals surface area contributed by atoms with Crippen LogP contribution in [0.3, 0.4) is 0 Å². The van der Waals surface area contributed by atoms with Crippen molar-refractivity contribution in [1.82, 2.24) is 20.4 Å². The molecule has 0 radical (unpaired) electrons. The number of hydrogen-bond donors (Lipinski definition) is 3. The summed E-state index contributed by atoms with van der Waals surface area (Å²) in [5, 5.41) is 10.6. The van der Waals surface area contributed by atoms with Gasteiger partial charge in [-0.1, -0.05) is 12.1 Å². The van der Waals surface area contributed by atoms with Crippen LogP contribution >= 0.6 is 12.4 Å². The van der Waals surface area contributed by atoms with E-state index in [4.69, 9.17) is 0 Å². The molecule has 1 aliphatic rings. The number of carbonyl (C=O) groups is 1. The molecule has 27 heavy (non-hydrogen) atoms. The van der Waals surface area contributed by atoms with Crippen LogP contribution in [0.25, 0.3) is 0 Å². The van der Waals surface area contributed by atoms with Gasteiger partial charge in [0.05, 0.1) is 6.26 Å². The second-order valence-corrected chi connectivity index (χ2v) is 8.24. The van der Waals surface area contributed by atoms with E-state index in [9.17, 15) is 13.2 Å². The van der Waals surface area contributed by atoms with Crippen molar-refractivity contribution < 1.29 is 13.2 Å². The van der Waals surface area contributed by atoms with E-state index >= 15 is 0 Å². The van der Waals surface area contributed by atoms with Crippen molar-refractivity contribution in [2.45, 2.75) is 24.9 Å². The Morgan fingerprint density at radius 3 is 2.67 bits per heavy atom. The van der Waals surface area contributed by atoms with E-state index in [2.05, 4.69) is 20.5 Å². The van der Waals surface area contributed by atoms with Gasteiger partial charge in [-0.2, -0.15) is 5.10 Å². The summed E-state index contributed by atoms with van der Waals surface area (Å²) in [6, 6.07) is 8.80. The molecule has 2 aromatic rings. The Kier molecular flexibility index (Phi) is 6.85. The number of benzene rings is 1. The number of sulfonamides is 1. The Balaban J connectivity index is 0.00000261. The van der Waals surface area contributed by atoms with E-state index in [0.29, 0.717) is 25.1 Å². The Morgan fingerprint density at radius 2 is 2.04 bits per heavy atom. The van der Waals surface area contributed by atoms with Crippen molar-refractivity contribution in [2.24, 2.45) is 0 Å². The zero-order chi connectivity index (χ0) is 18.6. The molecule has 0 aliphatic carbocycles. The number of piperidine rings is 1. The molecule has 0 spiro atoms. The van der Waals surface area contributed by atoms with E-state index < -0.39 is 15.6 Å². The molecular formula is C17H24ClN5O3S. The van der Waals surface area contributed by atoms with Crippen LogP contribution in [0.15, 0.2) is 42.7 Å². The third-order valence-corrected chi connectivity index (χ3v) is 5.09. The van der Waals surface area contributed by atoms with Gasteiger partial charge in [0.25, 0.3) is 0 Å². The topological polar surface area (TPSA) is 105 Å². The van der Waals surface area contributed by atoms with Crippen LogP contribution in [0.2, 0.25) is 0 Å². The zero-order valence-corrected chi connectivity index (χ0v) is 16.6. The summed E-state index contributed by atoms with van der Waals surface area (Å²) in [5.74, 6) is -0.0795. The van der Waals surface area contributed by atoms with E-state index in [1.807, 2.05) is 18.3 Å². The van der Waals surface area contributed by atoms with Crippen LogP contribution in [-0.4, -0.2) is 43.5 Å². The van der Waals surface area contributed by atoms with E-state index in [0.717, 1.165) is 24.9 Å². The Morgan fingerprint density at radius 1 is 1.30 bits per heavy atom. The molecule has 8 nitrogen and oxygen atoms in total. The number of halogens is 1. The number of carbonyl (C=O) groups excluding carboxylic acids is 1. The fourth-order valence-corrected chi connectivity index (χ4v) is 3.78. The highest BCUT2D eigenvalue weighted by Crippen LogP contribution is 2.27. The van der Waals surface area contributed by atoms with E-state index in [1.165, 1.54) is 0 Å². The van der Waals surface area contributed by atoms with Crippen molar-refractivity contribution in [1.29, 1.82) is 0 Å². The molecule has 0 atom stereocenters. The lowest BCUT2D eigenvalue weighted by atomic mass is 9.87. The lowest BCUT2D eigenvalue weighted by Gasteiger charge is -2.36. The van der Waals surface area contributed by atoms with Gasteiger partial charge in [-0.15, -0.1) is 12.4 Å². The van der Waals surface area contributed by atoms with Gasteiger partial charge in [0.1, 0.15) is 5.54 Å². The number of hydrogen-bond acceptors (Lipinski definition) is 5. The quantitative estimate of drug-likeness (QED) is 0.657. The maximum absolute atomic E-state index is 13.0. The largest absolute Gasteiger partial charge is 0.350 e. The fraction of sp³-hybridized carbons (Fsp3) is 0.412. The predicted octanol–water partition coefficient (Wildman–Crippen LogP) is 1.07. The van der Waals surface area contributed by atoms with Gasteiger partial charge in [-0.25, -0.2) is 8.42 Å². The normalized spacial score (nSPS) is 16.2. The molecule has 2 heterocycles. The van der Waals surface area contributed by atoms with Crippen molar-refractivity contribution in [3.8, 4) is 0 Å². The molecule has 1 aromatic heterocycles. The first-order valence-electron chi connectivity index (χ1n) is 8.45. The first-order valence-corrected chi connectivity index (χ1v) is 10.3. The SMILES string of the molecule is CS(=O)(=O)Nc1cccc(CNC(=O)C2(n3cccn3)CCNCC2)c1.Cl. The van der Waals surface area contributed by atoms with Crippen molar-refractivity contribution in [2.75, 3.05) is 24.1 Å². The molecule has 3 rings (SSSR count). The van der Waals surface area contributed by atoms with Crippen molar-refractivity contribution >= 4 is 34.0 Å². The van der Waals surface area contributed by atoms with E-state index in [1.54, 1.807) is 29.1 Å². The van der Waals surface area contributed by atoms with Gasteiger partial charge in [0.2, 0.25) is 15.9 Å². The van der Waals surface area contributed by atoms with Crippen LogP contribution in [0.5, 0.6) is 0 Å². The number of amides is 1. The third-order valence-electron chi connectivity index (χ3n) is 4.48. The monoisotopic (exact) mass is 413 g/mol. The molecular weight excluding hydrogens is 390 g/mol. The molecule has 1 saturated heterocycles. The van der Waals surface area contributed by atoms with Crippen LogP contribution in [0, 0.1) is 0 Å². The van der Waals surface area contributed by atoms with Crippen LogP contribution in [0.1, 0.15) is 18.4 Å². The molecule has 1 aromatic carbocycles. The smallest absolute Gasteiger partial charge is 0.248 e.